The van der Waals surface area contributed by atoms with E-state index in [1.807, 2.05) is 50.2 Å². The van der Waals surface area contributed by atoms with Crippen molar-refractivity contribution in [1.82, 2.24) is 0 Å². The molecule has 0 N–H and O–H groups in total. The lowest BCUT2D eigenvalue weighted by molar-refractivity contribution is 0.0983. The monoisotopic (exact) mass is 385 g/mol. The normalized spacial score (nSPS) is 16.1. The van der Waals surface area contributed by atoms with Gasteiger partial charge < -0.3 is 9.47 Å². The van der Waals surface area contributed by atoms with Crippen LogP contribution >= 0.6 is 11.3 Å². The Balaban J connectivity index is 1.28. The minimum atomic E-state index is 0.237. The van der Waals surface area contributed by atoms with Gasteiger partial charge in [0.25, 0.3) is 0 Å². The van der Waals surface area contributed by atoms with E-state index in [4.69, 9.17) is 9.47 Å². The van der Waals surface area contributed by atoms with Crippen LogP contribution in [-0.4, -0.2) is 30.9 Å². The summed E-state index contributed by atoms with van der Waals surface area (Å²) in [5, 5.41) is 0. The van der Waals surface area contributed by atoms with Gasteiger partial charge in [-0.3, -0.25) is 4.79 Å². The van der Waals surface area contributed by atoms with Gasteiger partial charge in [-0.05, 0) is 63.1 Å². The first-order valence-electron chi connectivity index (χ1n) is 9.65. The van der Waals surface area contributed by atoms with Crippen molar-refractivity contribution in [3.63, 3.8) is 0 Å². The number of benzene rings is 1. The average Bonchev–Trinajstić information content (AvgIpc) is 3.30. The Labute approximate surface area is 165 Å². The average molecular weight is 386 g/mol. The van der Waals surface area contributed by atoms with Gasteiger partial charge in [0.2, 0.25) is 5.90 Å². The third-order valence-electron chi connectivity index (χ3n) is 4.48. The summed E-state index contributed by atoms with van der Waals surface area (Å²) in [6.45, 7) is 5.44. The van der Waals surface area contributed by atoms with Crippen LogP contribution in [0.5, 0.6) is 5.75 Å². The molecule has 1 aromatic carbocycles. The zero-order chi connectivity index (χ0) is 19.1. The van der Waals surface area contributed by atoms with E-state index in [0.717, 1.165) is 47.8 Å². The van der Waals surface area contributed by atoms with Gasteiger partial charge in [0.1, 0.15) is 12.4 Å². The number of carbonyl (C=O) groups is 1. The molecule has 0 unspecified atom stereocenters. The molecule has 0 saturated carbocycles. The zero-order valence-corrected chi connectivity index (χ0v) is 16.9. The van der Waals surface area contributed by atoms with Gasteiger partial charge in [0, 0.05) is 16.9 Å². The lowest BCUT2D eigenvalue weighted by Crippen LogP contribution is -2.02. The number of Topliss-reactive ketones (excluding diaryl/α,β-unsaturated/α-hetero) is 1. The molecule has 0 fully saturated rings. The Morgan fingerprint density at radius 3 is 2.59 bits per heavy atom. The van der Waals surface area contributed by atoms with Crippen molar-refractivity contribution in [3.8, 4) is 5.75 Å². The Bertz CT molecular complexity index is 779. The number of unbranched alkanes of at least 4 members (excludes halogenated alkanes) is 3. The third kappa shape index (κ3) is 5.93. The predicted octanol–water partition coefficient (Wildman–Crippen LogP) is 5.43. The highest BCUT2D eigenvalue weighted by atomic mass is 32.1. The molecule has 0 spiro atoms. The van der Waals surface area contributed by atoms with E-state index in [2.05, 4.69) is 4.99 Å². The lowest BCUT2D eigenvalue weighted by Gasteiger charge is -2.07. The molecule has 2 aromatic rings. The van der Waals surface area contributed by atoms with Gasteiger partial charge in [-0.2, -0.15) is 0 Å². The minimum absolute atomic E-state index is 0.237. The van der Waals surface area contributed by atoms with Crippen molar-refractivity contribution in [2.45, 2.75) is 52.0 Å². The van der Waals surface area contributed by atoms with E-state index in [1.54, 1.807) is 11.3 Å². The SMILES string of the molecule is Cc1ccc(C(=O)CCCCCCOc2ccc(C3=N[C@@H](C)CO3)cc2)s1. The van der Waals surface area contributed by atoms with Crippen molar-refractivity contribution < 1.29 is 14.3 Å². The first kappa shape index (κ1) is 19.6. The van der Waals surface area contributed by atoms with Crippen LogP contribution in [0.1, 0.15) is 59.1 Å². The third-order valence-corrected chi connectivity index (χ3v) is 5.52. The molecule has 144 valence electrons. The molecule has 1 atom stereocenters. The molecule has 1 aliphatic heterocycles. The number of thiophene rings is 1. The largest absolute Gasteiger partial charge is 0.494 e. The summed E-state index contributed by atoms with van der Waals surface area (Å²) in [4.78, 5) is 18.6. The summed E-state index contributed by atoms with van der Waals surface area (Å²) in [6, 6.07) is 12.1. The molecule has 0 amide bonds. The second-order valence-electron chi connectivity index (χ2n) is 6.96. The molecule has 3 rings (SSSR count). The van der Waals surface area contributed by atoms with E-state index in [0.29, 0.717) is 19.6 Å². The Morgan fingerprint density at radius 1 is 1.15 bits per heavy atom. The smallest absolute Gasteiger partial charge is 0.216 e. The standard InChI is InChI=1S/C22H27NO3S/c1-16-15-26-22(23-16)18-9-11-19(12-10-18)25-14-6-4-3-5-7-20(24)21-13-8-17(2)27-21/h8-13,16H,3-7,14-15H2,1-2H3/t16-/m0/s1. The van der Waals surface area contributed by atoms with Gasteiger partial charge in [-0.15, -0.1) is 11.3 Å². The summed E-state index contributed by atoms with van der Waals surface area (Å²) in [5.74, 6) is 1.87. The molecule has 1 aromatic heterocycles. The molecule has 0 saturated heterocycles. The molecule has 27 heavy (non-hydrogen) atoms. The second-order valence-corrected chi connectivity index (χ2v) is 8.25. The Hall–Kier alpha value is -2.14. The number of carbonyl (C=O) groups excluding carboxylic acids is 1. The number of rotatable bonds is 10. The molecule has 5 heteroatoms. The molecule has 2 heterocycles. The minimum Gasteiger partial charge on any atom is -0.494 e. The van der Waals surface area contributed by atoms with Gasteiger partial charge in [-0.1, -0.05) is 12.8 Å². The predicted molar refractivity (Wildman–Crippen MR) is 110 cm³/mol. The summed E-state index contributed by atoms with van der Waals surface area (Å²) < 4.78 is 11.4. The van der Waals surface area contributed by atoms with Crippen LogP contribution in [0.25, 0.3) is 0 Å². The van der Waals surface area contributed by atoms with Gasteiger partial charge >= 0.3 is 0 Å². The molecule has 0 bridgehead atoms. The molecule has 4 nitrogen and oxygen atoms in total. The highest BCUT2D eigenvalue weighted by molar-refractivity contribution is 7.14. The second kappa shape index (κ2) is 9.70. The number of hydrogen-bond acceptors (Lipinski definition) is 5. The van der Waals surface area contributed by atoms with Crippen LogP contribution in [0.15, 0.2) is 41.4 Å². The highest BCUT2D eigenvalue weighted by Crippen LogP contribution is 2.19. The Morgan fingerprint density at radius 2 is 1.93 bits per heavy atom. The number of aryl methyl sites for hydroxylation is 1. The lowest BCUT2D eigenvalue weighted by atomic mass is 10.1. The molecule has 0 aliphatic carbocycles. The molecule has 0 radical (unpaired) electrons. The van der Waals surface area contributed by atoms with Gasteiger partial charge in [-0.25, -0.2) is 4.99 Å². The quantitative estimate of drug-likeness (QED) is 0.404. The number of nitrogens with zero attached hydrogens (tertiary/aromatic N) is 1. The highest BCUT2D eigenvalue weighted by Gasteiger charge is 2.15. The fourth-order valence-corrected chi connectivity index (χ4v) is 3.80. The number of ketones is 1. The molecular formula is C22H27NO3S. The van der Waals surface area contributed by atoms with Crippen LogP contribution in [0.2, 0.25) is 0 Å². The topological polar surface area (TPSA) is 47.9 Å². The van der Waals surface area contributed by atoms with Crippen LogP contribution in [0, 0.1) is 6.92 Å². The Kier molecular flexibility index (Phi) is 7.04. The summed E-state index contributed by atoms with van der Waals surface area (Å²) in [5.41, 5.74) is 0.998. The van der Waals surface area contributed by atoms with E-state index in [1.165, 1.54) is 4.88 Å². The number of hydrogen-bond donors (Lipinski definition) is 0. The fourth-order valence-electron chi connectivity index (χ4n) is 2.96. The molecular weight excluding hydrogens is 358 g/mol. The van der Waals surface area contributed by atoms with Crippen LogP contribution in [-0.2, 0) is 4.74 Å². The van der Waals surface area contributed by atoms with Crippen molar-refractivity contribution in [2.75, 3.05) is 13.2 Å². The number of aliphatic imine (C=N–C) groups is 1. The van der Waals surface area contributed by atoms with Crippen molar-refractivity contribution in [2.24, 2.45) is 4.99 Å². The summed E-state index contributed by atoms with van der Waals surface area (Å²) >= 11 is 1.59. The van der Waals surface area contributed by atoms with E-state index in [-0.39, 0.29) is 11.8 Å². The van der Waals surface area contributed by atoms with Crippen molar-refractivity contribution in [3.05, 3.63) is 51.7 Å². The van der Waals surface area contributed by atoms with E-state index in [9.17, 15) is 4.79 Å². The summed E-state index contributed by atoms with van der Waals surface area (Å²) in [7, 11) is 0. The van der Waals surface area contributed by atoms with Crippen LogP contribution in [0.4, 0.5) is 0 Å². The van der Waals surface area contributed by atoms with E-state index < -0.39 is 0 Å². The first-order chi connectivity index (χ1) is 13.1. The van der Waals surface area contributed by atoms with Crippen LogP contribution in [0.3, 0.4) is 0 Å². The fraction of sp³-hybridized carbons (Fsp3) is 0.455. The summed E-state index contributed by atoms with van der Waals surface area (Å²) in [6.07, 6.45) is 4.74. The van der Waals surface area contributed by atoms with Gasteiger partial charge in [0.15, 0.2) is 5.78 Å². The maximum atomic E-state index is 12.0. The van der Waals surface area contributed by atoms with Gasteiger partial charge in [0.05, 0.1) is 17.5 Å². The first-order valence-corrected chi connectivity index (χ1v) is 10.5. The van der Waals surface area contributed by atoms with E-state index >= 15 is 0 Å². The zero-order valence-electron chi connectivity index (χ0n) is 16.1. The van der Waals surface area contributed by atoms with Crippen molar-refractivity contribution >= 4 is 23.0 Å². The number of ether oxygens (including phenoxy) is 2. The molecule has 1 aliphatic rings. The maximum Gasteiger partial charge on any atom is 0.216 e. The van der Waals surface area contributed by atoms with Crippen LogP contribution < -0.4 is 4.74 Å². The maximum absolute atomic E-state index is 12.0. The van der Waals surface area contributed by atoms with Crippen molar-refractivity contribution in [1.29, 1.82) is 0 Å².